The lowest BCUT2D eigenvalue weighted by Gasteiger charge is -2.11. The van der Waals surface area contributed by atoms with E-state index in [0.29, 0.717) is 0 Å². The van der Waals surface area contributed by atoms with Gasteiger partial charge in [0.15, 0.2) is 0 Å². The molecule has 0 saturated carbocycles. The van der Waals surface area contributed by atoms with E-state index in [4.69, 9.17) is 26.2 Å². The van der Waals surface area contributed by atoms with Crippen LogP contribution in [0.3, 0.4) is 0 Å². The number of methoxy groups -OCH3 is 2. The average Bonchev–Trinajstić information content (AvgIpc) is 2.41. The number of hydrogen-bond donors (Lipinski definition) is 1. The van der Waals surface area contributed by atoms with E-state index in [9.17, 15) is 12.8 Å². The molecule has 1 aromatic heterocycles. The minimum atomic E-state index is -3.98. The number of primary sulfonamides is 1. The molecule has 0 aliphatic rings. The standard InChI is InChI=1S/C11H11ClFN3O4S/c1-19-10-11(20-2)16-9-5(4-21(14,17)18)8(13)6(12)3-7(9)15-10/h3H,4H2,1-2H3,(H2,14,17,18). The fourth-order valence-corrected chi connectivity index (χ4v) is 2.65. The van der Waals surface area contributed by atoms with Gasteiger partial charge in [0.2, 0.25) is 10.0 Å². The summed E-state index contributed by atoms with van der Waals surface area (Å²) in [6, 6.07) is 1.22. The first-order valence-electron chi connectivity index (χ1n) is 5.54. The highest BCUT2D eigenvalue weighted by atomic mass is 35.5. The zero-order chi connectivity index (χ0) is 15.8. The van der Waals surface area contributed by atoms with Crippen molar-refractivity contribution in [3.05, 3.63) is 22.5 Å². The van der Waals surface area contributed by atoms with E-state index in [2.05, 4.69) is 9.97 Å². The predicted molar refractivity (Wildman–Crippen MR) is 74.4 cm³/mol. The quantitative estimate of drug-likeness (QED) is 0.901. The Morgan fingerprint density at radius 2 is 1.86 bits per heavy atom. The van der Waals surface area contributed by atoms with Crippen LogP contribution in [0.5, 0.6) is 11.8 Å². The maximum atomic E-state index is 14.1. The van der Waals surface area contributed by atoms with E-state index in [1.165, 1.54) is 20.3 Å². The SMILES string of the molecule is COc1nc2cc(Cl)c(F)c(CS(N)(=O)=O)c2nc1OC. The third kappa shape index (κ3) is 3.14. The van der Waals surface area contributed by atoms with Crippen molar-refractivity contribution in [1.82, 2.24) is 9.97 Å². The number of nitrogens with zero attached hydrogens (tertiary/aromatic N) is 2. The summed E-state index contributed by atoms with van der Waals surface area (Å²) in [5, 5.41) is 4.67. The fraction of sp³-hybridized carbons (Fsp3) is 0.273. The van der Waals surface area contributed by atoms with Crippen molar-refractivity contribution < 1.29 is 22.3 Å². The van der Waals surface area contributed by atoms with E-state index < -0.39 is 21.6 Å². The second-order valence-corrected chi connectivity index (χ2v) is 6.09. The van der Waals surface area contributed by atoms with Crippen molar-refractivity contribution in [2.45, 2.75) is 5.75 Å². The molecule has 0 fully saturated rings. The van der Waals surface area contributed by atoms with E-state index in [0.717, 1.165) is 0 Å². The van der Waals surface area contributed by atoms with Crippen LogP contribution in [0.25, 0.3) is 11.0 Å². The van der Waals surface area contributed by atoms with Crippen molar-refractivity contribution >= 4 is 32.7 Å². The highest BCUT2D eigenvalue weighted by Crippen LogP contribution is 2.31. The van der Waals surface area contributed by atoms with Crippen LogP contribution in [0, 0.1) is 5.82 Å². The Hall–Kier alpha value is -1.71. The van der Waals surface area contributed by atoms with E-state index in [1.54, 1.807) is 0 Å². The van der Waals surface area contributed by atoms with Gasteiger partial charge in [-0.1, -0.05) is 11.6 Å². The zero-order valence-electron chi connectivity index (χ0n) is 11.1. The summed E-state index contributed by atoms with van der Waals surface area (Å²) in [5.41, 5.74) is -0.116. The molecule has 1 aromatic carbocycles. The lowest BCUT2D eigenvalue weighted by atomic mass is 10.2. The molecular formula is C11H11ClFN3O4S. The fourth-order valence-electron chi connectivity index (χ4n) is 1.77. The molecule has 0 saturated heterocycles. The van der Waals surface area contributed by atoms with Gasteiger partial charge < -0.3 is 9.47 Å². The van der Waals surface area contributed by atoms with Gasteiger partial charge in [0, 0.05) is 5.56 Å². The maximum absolute atomic E-state index is 14.1. The molecule has 0 amide bonds. The molecule has 114 valence electrons. The molecule has 0 bridgehead atoms. The first-order valence-corrected chi connectivity index (χ1v) is 7.63. The van der Waals surface area contributed by atoms with Crippen molar-refractivity contribution in [1.29, 1.82) is 0 Å². The van der Waals surface area contributed by atoms with Crippen LogP contribution in [-0.4, -0.2) is 32.6 Å². The Balaban J connectivity index is 2.84. The largest absolute Gasteiger partial charge is 0.477 e. The van der Waals surface area contributed by atoms with Crippen molar-refractivity contribution in [3.63, 3.8) is 0 Å². The van der Waals surface area contributed by atoms with Crippen LogP contribution in [0.15, 0.2) is 6.07 Å². The molecule has 0 radical (unpaired) electrons. The highest BCUT2D eigenvalue weighted by molar-refractivity contribution is 7.88. The van der Waals surface area contributed by atoms with E-state index in [1.807, 2.05) is 0 Å². The van der Waals surface area contributed by atoms with Gasteiger partial charge in [0.05, 0.1) is 30.5 Å². The number of aromatic nitrogens is 2. The number of hydrogen-bond acceptors (Lipinski definition) is 6. The summed E-state index contributed by atoms with van der Waals surface area (Å²) in [4.78, 5) is 8.08. The molecule has 21 heavy (non-hydrogen) atoms. The predicted octanol–water partition coefficient (Wildman–Crippen LogP) is 1.23. The van der Waals surface area contributed by atoms with Gasteiger partial charge in [-0.3, -0.25) is 0 Å². The summed E-state index contributed by atoms with van der Waals surface area (Å²) in [5.74, 6) is -1.63. The number of halogens is 2. The Morgan fingerprint density at radius 1 is 1.29 bits per heavy atom. The van der Waals surface area contributed by atoms with Crippen LogP contribution in [0.4, 0.5) is 4.39 Å². The number of ether oxygens (including phenoxy) is 2. The van der Waals surface area contributed by atoms with Gasteiger partial charge in [-0.05, 0) is 6.07 Å². The smallest absolute Gasteiger partial charge is 0.278 e. The molecule has 0 unspecified atom stereocenters. The average molecular weight is 336 g/mol. The Labute approximate surface area is 124 Å². The number of sulfonamides is 1. The van der Waals surface area contributed by atoms with Crippen LogP contribution < -0.4 is 14.6 Å². The molecule has 0 aliphatic carbocycles. The normalized spacial score (nSPS) is 11.7. The summed E-state index contributed by atoms with van der Waals surface area (Å²) in [6.07, 6.45) is 0. The summed E-state index contributed by atoms with van der Waals surface area (Å²) < 4.78 is 46.5. The molecular weight excluding hydrogens is 325 g/mol. The number of rotatable bonds is 4. The van der Waals surface area contributed by atoms with E-state index >= 15 is 0 Å². The molecule has 0 atom stereocenters. The molecule has 7 nitrogen and oxygen atoms in total. The minimum Gasteiger partial charge on any atom is -0.477 e. The lowest BCUT2D eigenvalue weighted by Crippen LogP contribution is -2.16. The molecule has 2 N–H and O–H groups in total. The Morgan fingerprint density at radius 3 is 2.38 bits per heavy atom. The van der Waals surface area contributed by atoms with Gasteiger partial charge in [-0.25, -0.2) is 27.9 Å². The van der Waals surface area contributed by atoms with Gasteiger partial charge in [0.25, 0.3) is 11.8 Å². The summed E-state index contributed by atoms with van der Waals surface area (Å²) in [6.45, 7) is 0. The summed E-state index contributed by atoms with van der Waals surface area (Å²) in [7, 11) is -1.30. The minimum absolute atomic E-state index is 0.0106. The highest BCUT2D eigenvalue weighted by Gasteiger charge is 2.21. The zero-order valence-corrected chi connectivity index (χ0v) is 12.6. The number of nitrogens with two attached hydrogens (primary N) is 1. The van der Waals surface area contributed by atoms with Crippen molar-refractivity contribution in [2.24, 2.45) is 5.14 Å². The van der Waals surface area contributed by atoms with Gasteiger partial charge in [-0.15, -0.1) is 0 Å². The number of benzene rings is 1. The third-order valence-electron chi connectivity index (χ3n) is 2.62. The molecule has 10 heteroatoms. The topological polar surface area (TPSA) is 104 Å². The third-order valence-corrected chi connectivity index (χ3v) is 3.58. The van der Waals surface area contributed by atoms with Crippen LogP contribution >= 0.6 is 11.6 Å². The lowest BCUT2D eigenvalue weighted by molar-refractivity contribution is 0.334. The van der Waals surface area contributed by atoms with Gasteiger partial charge in [0.1, 0.15) is 11.3 Å². The molecule has 0 aliphatic heterocycles. The molecule has 2 rings (SSSR count). The monoisotopic (exact) mass is 335 g/mol. The Bertz CT molecular complexity index is 813. The molecule has 2 aromatic rings. The van der Waals surface area contributed by atoms with E-state index in [-0.39, 0.29) is 33.4 Å². The van der Waals surface area contributed by atoms with Crippen LogP contribution in [0.1, 0.15) is 5.56 Å². The summed E-state index contributed by atoms with van der Waals surface area (Å²) >= 11 is 5.74. The molecule has 1 heterocycles. The van der Waals surface area contributed by atoms with Gasteiger partial charge >= 0.3 is 0 Å². The van der Waals surface area contributed by atoms with Gasteiger partial charge in [-0.2, -0.15) is 0 Å². The van der Waals surface area contributed by atoms with Crippen molar-refractivity contribution in [2.75, 3.05) is 14.2 Å². The van der Waals surface area contributed by atoms with Crippen LogP contribution in [0.2, 0.25) is 5.02 Å². The Kier molecular flexibility index (Phi) is 4.17. The second-order valence-electron chi connectivity index (χ2n) is 4.07. The second kappa shape index (κ2) is 5.58. The maximum Gasteiger partial charge on any atom is 0.278 e. The first kappa shape index (κ1) is 15.7. The van der Waals surface area contributed by atoms with Crippen molar-refractivity contribution in [3.8, 4) is 11.8 Å². The molecule has 0 spiro atoms. The number of fused-ring (bicyclic) bond motifs is 1. The van der Waals surface area contributed by atoms with Crippen LogP contribution in [-0.2, 0) is 15.8 Å². The first-order chi connectivity index (χ1) is 9.76.